The van der Waals surface area contributed by atoms with Gasteiger partial charge in [0.2, 0.25) is 0 Å². The maximum atomic E-state index is 11.9. The zero-order valence-electron chi connectivity index (χ0n) is 12.6. The summed E-state index contributed by atoms with van der Waals surface area (Å²) in [5.74, 6) is -0.305. The van der Waals surface area contributed by atoms with Crippen molar-refractivity contribution in [3.8, 4) is 0 Å². The van der Waals surface area contributed by atoms with E-state index < -0.39 is 5.97 Å². The summed E-state index contributed by atoms with van der Waals surface area (Å²) in [6, 6.07) is 1.80. The van der Waals surface area contributed by atoms with E-state index in [1.165, 1.54) is 11.3 Å². The van der Waals surface area contributed by atoms with E-state index in [1.807, 2.05) is 13.8 Å². The molecule has 0 aliphatic carbocycles. The number of hydrogen-bond acceptors (Lipinski definition) is 4. The molecule has 0 aromatic carbocycles. The van der Waals surface area contributed by atoms with Crippen molar-refractivity contribution in [1.82, 2.24) is 0 Å². The third-order valence-electron chi connectivity index (χ3n) is 2.83. The molecule has 0 bridgehead atoms. The van der Waals surface area contributed by atoms with Crippen LogP contribution in [0.5, 0.6) is 0 Å². The molecule has 1 aromatic rings. The summed E-state index contributed by atoms with van der Waals surface area (Å²) in [5, 5.41) is 3.34. The fourth-order valence-corrected chi connectivity index (χ4v) is 2.52. The summed E-state index contributed by atoms with van der Waals surface area (Å²) >= 11 is 1.42. The van der Waals surface area contributed by atoms with E-state index in [4.69, 9.17) is 4.74 Å². The molecule has 0 fully saturated rings. The van der Waals surface area contributed by atoms with Crippen LogP contribution in [0.15, 0.2) is 17.7 Å². The smallest absolute Gasteiger partial charge is 0.341 e. The van der Waals surface area contributed by atoms with Gasteiger partial charge in [0.05, 0.1) is 12.2 Å². The van der Waals surface area contributed by atoms with Gasteiger partial charge in [0, 0.05) is 10.5 Å². The Balaban J connectivity index is 3.09. The second-order valence-corrected chi connectivity index (χ2v) is 5.78. The average molecular weight is 295 g/mol. The lowest BCUT2D eigenvalue weighted by atomic mass is 10.1. The molecule has 0 saturated carbocycles. The first-order chi connectivity index (χ1) is 9.40. The van der Waals surface area contributed by atoms with Gasteiger partial charge in [0.1, 0.15) is 5.00 Å². The Morgan fingerprint density at radius 1 is 1.45 bits per heavy atom. The SMILES string of the molecule is CC=C(C)C(=O)Nc1sc(C(C)C)cc1C(=O)OCC. The molecule has 1 aromatic heterocycles. The molecule has 1 heterocycles. The van der Waals surface area contributed by atoms with Gasteiger partial charge in [0.15, 0.2) is 0 Å². The summed E-state index contributed by atoms with van der Waals surface area (Å²) in [6.45, 7) is 9.70. The van der Waals surface area contributed by atoms with Crippen LogP contribution in [-0.4, -0.2) is 18.5 Å². The number of amides is 1. The molecule has 0 atom stereocenters. The number of hydrogen-bond donors (Lipinski definition) is 1. The predicted octanol–water partition coefficient (Wildman–Crippen LogP) is 3.95. The van der Waals surface area contributed by atoms with Crippen molar-refractivity contribution < 1.29 is 14.3 Å². The summed E-state index contributed by atoms with van der Waals surface area (Å²) in [7, 11) is 0. The van der Waals surface area contributed by atoms with E-state index in [9.17, 15) is 9.59 Å². The summed E-state index contributed by atoms with van der Waals surface area (Å²) < 4.78 is 5.03. The average Bonchev–Trinajstić information content (AvgIpc) is 2.82. The van der Waals surface area contributed by atoms with Crippen LogP contribution in [0.4, 0.5) is 5.00 Å². The normalized spacial score (nSPS) is 11.6. The van der Waals surface area contributed by atoms with Crippen LogP contribution >= 0.6 is 11.3 Å². The lowest BCUT2D eigenvalue weighted by molar-refractivity contribution is -0.112. The van der Waals surface area contributed by atoms with Crippen LogP contribution in [0, 0.1) is 0 Å². The van der Waals surface area contributed by atoms with Crippen LogP contribution in [0.3, 0.4) is 0 Å². The molecular weight excluding hydrogens is 274 g/mol. The Morgan fingerprint density at radius 2 is 2.10 bits per heavy atom. The molecule has 110 valence electrons. The van der Waals surface area contributed by atoms with Gasteiger partial charge < -0.3 is 10.1 Å². The molecule has 0 saturated heterocycles. The van der Waals surface area contributed by atoms with Gasteiger partial charge >= 0.3 is 5.97 Å². The second-order valence-electron chi connectivity index (χ2n) is 4.69. The first-order valence-corrected chi connectivity index (χ1v) is 7.47. The van der Waals surface area contributed by atoms with Gasteiger partial charge in [-0.15, -0.1) is 11.3 Å². The van der Waals surface area contributed by atoms with E-state index in [1.54, 1.807) is 32.9 Å². The van der Waals surface area contributed by atoms with Crippen LogP contribution in [0.2, 0.25) is 0 Å². The number of carbonyl (C=O) groups excluding carboxylic acids is 2. The van der Waals surface area contributed by atoms with E-state index in [-0.39, 0.29) is 5.91 Å². The molecule has 0 aliphatic heterocycles. The van der Waals surface area contributed by atoms with Crippen molar-refractivity contribution in [2.45, 2.75) is 40.5 Å². The van der Waals surface area contributed by atoms with Gasteiger partial charge in [0.25, 0.3) is 5.91 Å². The van der Waals surface area contributed by atoms with Crippen molar-refractivity contribution in [3.63, 3.8) is 0 Å². The van der Waals surface area contributed by atoms with Crippen LogP contribution in [0.25, 0.3) is 0 Å². The minimum Gasteiger partial charge on any atom is -0.462 e. The van der Waals surface area contributed by atoms with E-state index in [0.29, 0.717) is 28.7 Å². The first kappa shape index (κ1) is 16.4. The molecule has 0 aliphatic rings. The van der Waals surface area contributed by atoms with Crippen molar-refractivity contribution in [2.75, 3.05) is 11.9 Å². The number of carbonyl (C=O) groups is 2. The predicted molar refractivity (Wildman–Crippen MR) is 82.4 cm³/mol. The monoisotopic (exact) mass is 295 g/mol. The van der Waals surface area contributed by atoms with Crippen LogP contribution < -0.4 is 5.32 Å². The van der Waals surface area contributed by atoms with E-state index in [2.05, 4.69) is 5.32 Å². The molecule has 5 heteroatoms. The maximum absolute atomic E-state index is 11.9. The van der Waals surface area contributed by atoms with Gasteiger partial charge in [-0.25, -0.2) is 4.79 Å². The van der Waals surface area contributed by atoms with E-state index >= 15 is 0 Å². The number of rotatable bonds is 5. The van der Waals surface area contributed by atoms with Crippen molar-refractivity contribution in [3.05, 3.63) is 28.2 Å². The molecule has 0 spiro atoms. The fourth-order valence-electron chi connectivity index (χ4n) is 1.48. The Hall–Kier alpha value is -1.62. The number of ether oxygens (including phenoxy) is 1. The lowest BCUT2D eigenvalue weighted by Gasteiger charge is -2.05. The number of thiophene rings is 1. The Morgan fingerprint density at radius 3 is 2.60 bits per heavy atom. The highest BCUT2D eigenvalue weighted by Crippen LogP contribution is 2.33. The molecule has 1 amide bonds. The molecule has 20 heavy (non-hydrogen) atoms. The zero-order valence-corrected chi connectivity index (χ0v) is 13.4. The number of anilines is 1. The van der Waals surface area contributed by atoms with Gasteiger partial charge in [-0.3, -0.25) is 4.79 Å². The minimum absolute atomic E-state index is 0.199. The highest BCUT2D eigenvalue weighted by Gasteiger charge is 2.20. The largest absolute Gasteiger partial charge is 0.462 e. The third-order valence-corrected chi connectivity index (χ3v) is 4.18. The summed E-state index contributed by atoms with van der Waals surface area (Å²) in [5.41, 5.74) is 1.04. The standard InChI is InChI=1S/C15H21NO3S/c1-6-10(5)13(17)16-14-11(15(18)19-7-2)8-12(20-14)9(3)4/h6,8-9H,7H2,1-5H3,(H,16,17). The minimum atomic E-state index is -0.399. The van der Waals surface area contributed by atoms with Crippen molar-refractivity contribution >= 4 is 28.2 Å². The van der Waals surface area contributed by atoms with E-state index in [0.717, 1.165) is 4.88 Å². The second kappa shape index (κ2) is 7.24. The molecule has 1 N–H and O–H groups in total. The lowest BCUT2D eigenvalue weighted by Crippen LogP contribution is -2.14. The highest BCUT2D eigenvalue weighted by atomic mass is 32.1. The van der Waals surface area contributed by atoms with Crippen LogP contribution in [-0.2, 0) is 9.53 Å². The van der Waals surface area contributed by atoms with Crippen LogP contribution in [0.1, 0.15) is 55.8 Å². The fraction of sp³-hybridized carbons (Fsp3) is 0.467. The molecule has 0 radical (unpaired) electrons. The number of esters is 1. The van der Waals surface area contributed by atoms with Crippen molar-refractivity contribution in [1.29, 1.82) is 0 Å². The van der Waals surface area contributed by atoms with Crippen molar-refractivity contribution in [2.24, 2.45) is 0 Å². The number of nitrogens with one attached hydrogen (secondary N) is 1. The quantitative estimate of drug-likeness (QED) is 0.661. The Bertz CT molecular complexity index is 529. The molecule has 4 nitrogen and oxygen atoms in total. The Kier molecular flexibility index (Phi) is 5.95. The van der Waals surface area contributed by atoms with Gasteiger partial charge in [-0.05, 0) is 32.8 Å². The number of allylic oxidation sites excluding steroid dienone is 1. The highest BCUT2D eigenvalue weighted by molar-refractivity contribution is 7.16. The van der Waals surface area contributed by atoms with Gasteiger partial charge in [-0.1, -0.05) is 19.9 Å². The summed E-state index contributed by atoms with van der Waals surface area (Å²) in [6.07, 6.45) is 1.73. The first-order valence-electron chi connectivity index (χ1n) is 6.65. The van der Waals surface area contributed by atoms with Gasteiger partial charge in [-0.2, -0.15) is 0 Å². The summed E-state index contributed by atoms with van der Waals surface area (Å²) in [4.78, 5) is 24.9. The topological polar surface area (TPSA) is 55.4 Å². The molecular formula is C15H21NO3S. The molecule has 0 unspecified atom stereocenters. The zero-order chi connectivity index (χ0) is 15.3. The third kappa shape index (κ3) is 3.93. The maximum Gasteiger partial charge on any atom is 0.341 e. The molecule has 1 rings (SSSR count). The Labute approximate surface area is 123 Å².